The molecular weight excluding hydrogens is 443 g/mol. The molecule has 0 aliphatic heterocycles. The molecule has 8 heteroatoms. The van der Waals surface area contributed by atoms with Crippen LogP contribution in [0, 0.1) is 5.41 Å². The summed E-state index contributed by atoms with van der Waals surface area (Å²) in [5.74, 6) is -3.40. The maximum atomic E-state index is 14.1. The summed E-state index contributed by atoms with van der Waals surface area (Å²) >= 11 is 0. The second kappa shape index (κ2) is 12.5. The first-order chi connectivity index (χ1) is 15.9. The molecule has 1 heterocycles. The lowest BCUT2D eigenvalue weighted by Gasteiger charge is -2.38. The van der Waals surface area contributed by atoms with Crippen LogP contribution < -0.4 is 4.74 Å². The van der Waals surface area contributed by atoms with Crippen molar-refractivity contribution >= 4 is 11.6 Å². The first-order valence-electron chi connectivity index (χ1n) is 11.4. The molecule has 5 nitrogen and oxygen atoms in total. The minimum atomic E-state index is -2.98. The van der Waals surface area contributed by atoms with Crippen LogP contribution >= 0.6 is 0 Å². The predicted molar refractivity (Wildman–Crippen MR) is 131 cm³/mol. The number of rotatable bonds is 8. The van der Waals surface area contributed by atoms with Crippen molar-refractivity contribution in [2.45, 2.75) is 59.9 Å². The van der Waals surface area contributed by atoms with Gasteiger partial charge in [-0.05, 0) is 57.1 Å². The Morgan fingerprint density at radius 3 is 2.53 bits per heavy atom. The number of halogens is 3. The smallest absolute Gasteiger partial charge is 0.272 e. The van der Waals surface area contributed by atoms with Crippen molar-refractivity contribution in [3.8, 4) is 5.88 Å². The van der Waals surface area contributed by atoms with Crippen molar-refractivity contribution in [1.29, 1.82) is 0 Å². The lowest BCUT2D eigenvalue weighted by molar-refractivity contribution is -0.140. The minimum absolute atomic E-state index is 0.111. The molecule has 1 aromatic heterocycles. The van der Waals surface area contributed by atoms with E-state index < -0.39 is 17.2 Å². The molecule has 34 heavy (non-hydrogen) atoms. The van der Waals surface area contributed by atoms with E-state index in [-0.39, 0.29) is 36.4 Å². The molecule has 0 saturated heterocycles. The average Bonchev–Trinajstić information content (AvgIpc) is 2.82. The molecule has 1 unspecified atom stereocenters. The average molecular weight is 480 g/mol. The van der Waals surface area contributed by atoms with E-state index in [2.05, 4.69) is 9.98 Å². The fourth-order valence-electron chi connectivity index (χ4n) is 3.40. The summed E-state index contributed by atoms with van der Waals surface area (Å²) in [6, 6.07) is 2.28. The van der Waals surface area contributed by atoms with Crippen LogP contribution in [0.3, 0.4) is 0 Å². The minimum Gasteiger partial charge on any atom is -0.475 e. The van der Waals surface area contributed by atoms with Gasteiger partial charge in [-0.3, -0.25) is 9.79 Å². The number of allylic oxidation sites excluding steroid dienone is 5. The fraction of sp³-hybridized carbons (Fsp3) is 0.500. The number of ether oxygens (including phenoxy) is 1. The molecule has 0 fully saturated rings. The first kappa shape index (κ1) is 29.1. The van der Waals surface area contributed by atoms with Gasteiger partial charge in [0.25, 0.3) is 5.92 Å². The molecule has 0 bridgehead atoms. The first-order valence-corrected chi connectivity index (χ1v) is 11.4. The van der Waals surface area contributed by atoms with Crippen molar-refractivity contribution in [2.24, 2.45) is 10.4 Å². The maximum absolute atomic E-state index is 14.1. The van der Waals surface area contributed by atoms with Crippen LogP contribution in [0.5, 0.6) is 5.88 Å². The number of alkyl halides is 2. The Morgan fingerprint density at radius 2 is 2.03 bits per heavy atom. The molecule has 188 valence electrons. The third kappa shape index (κ3) is 7.05. The van der Waals surface area contributed by atoms with Crippen molar-refractivity contribution in [3.63, 3.8) is 0 Å². The molecule has 2 rings (SSSR count). The summed E-state index contributed by atoms with van der Waals surface area (Å²) in [5.41, 5.74) is -0.147. The van der Waals surface area contributed by atoms with Gasteiger partial charge in [-0.15, -0.1) is 0 Å². The second-order valence-corrected chi connectivity index (χ2v) is 8.14. The number of aliphatic imine (C=N–C) groups is 1. The molecule has 1 aliphatic rings. The zero-order valence-electron chi connectivity index (χ0n) is 21.3. The van der Waals surface area contributed by atoms with E-state index >= 15 is 0 Å². The van der Waals surface area contributed by atoms with Gasteiger partial charge in [0.1, 0.15) is 12.4 Å². The molecular formula is C26H36F3N3O2. The summed E-state index contributed by atoms with van der Waals surface area (Å²) in [7, 11) is 3.25. The zero-order valence-corrected chi connectivity index (χ0v) is 21.3. The molecule has 1 aliphatic carbocycles. The number of hydrogen-bond donors (Lipinski definition) is 0. The Balaban J connectivity index is 0.00000281. The highest BCUT2D eigenvalue weighted by atomic mass is 19.3. The predicted octanol–water partition coefficient (Wildman–Crippen LogP) is 6.28. The number of amides is 1. The summed E-state index contributed by atoms with van der Waals surface area (Å²) in [4.78, 5) is 23.2. The van der Waals surface area contributed by atoms with Crippen LogP contribution in [0.15, 0.2) is 59.0 Å². The van der Waals surface area contributed by atoms with Gasteiger partial charge in [-0.2, -0.15) is 0 Å². The molecule has 1 amide bonds. The van der Waals surface area contributed by atoms with E-state index in [1.54, 1.807) is 45.0 Å². The Hall–Kier alpha value is -2.90. The number of hydrogen-bond acceptors (Lipinski definition) is 4. The quantitative estimate of drug-likeness (QED) is 0.412. The third-order valence-electron chi connectivity index (χ3n) is 5.59. The molecule has 0 spiro atoms. The fourth-order valence-corrected chi connectivity index (χ4v) is 3.40. The van der Waals surface area contributed by atoms with Gasteiger partial charge < -0.3 is 9.64 Å². The van der Waals surface area contributed by atoms with Gasteiger partial charge in [0, 0.05) is 38.8 Å². The maximum Gasteiger partial charge on any atom is 0.272 e. The molecule has 1 aromatic rings. The van der Waals surface area contributed by atoms with Gasteiger partial charge in [0.2, 0.25) is 11.8 Å². The van der Waals surface area contributed by atoms with Gasteiger partial charge in [0.15, 0.2) is 0 Å². The molecule has 0 aromatic carbocycles. The summed E-state index contributed by atoms with van der Waals surface area (Å²) in [6.07, 6.45) is 7.56. The number of carbonyl (C=O) groups excluding carboxylic acids is 1. The second-order valence-electron chi connectivity index (χ2n) is 8.14. The standard InChI is InChI=1S/C24H30F3N3O2.C2H6/c1-7-8-20(28-5)19-13-18(25)11-12-23(19,3)22(31)30(6)16(2)15-32-21-10-9-17(14-29-21)24(4,26)27;1-2/h7-11,13-14,16H,12,15H2,1-6H3;1-2H3/b8-7-,28-20?;/t16-,23?;/m0./s1. The molecule has 2 atom stereocenters. The molecule has 0 radical (unpaired) electrons. The Morgan fingerprint density at radius 1 is 1.38 bits per heavy atom. The number of likely N-dealkylation sites (N-methyl/N-ethyl adjacent to an activating group) is 1. The van der Waals surface area contributed by atoms with Crippen molar-refractivity contribution in [1.82, 2.24) is 9.88 Å². The third-order valence-corrected chi connectivity index (χ3v) is 5.59. The number of nitrogens with zero attached hydrogens (tertiary/aromatic N) is 3. The summed E-state index contributed by atoms with van der Waals surface area (Å²) in [6.45, 7) is 10.3. The number of carbonyl (C=O) groups is 1. The van der Waals surface area contributed by atoms with Crippen LogP contribution in [0.1, 0.15) is 53.5 Å². The van der Waals surface area contributed by atoms with E-state index in [4.69, 9.17) is 4.74 Å². The Labute approximate surface area is 201 Å². The molecule has 0 saturated carbocycles. The van der Waals surface area contributed by atoms with Gasteiger partial charge >= 0.3 is 0 Å². The van der Waals surface area contributed by atoms with Crippen LogP contribution in [0.2, 0.25) is 0 Å². The van der Waals surface area contributed by atoms with Gasteiger partial charge in [-0.1, -0.05) is 19.9 Å². The van der Waals surface area contributed by atoms with Gasteiger partial charge in [-0.25, -0.2) is 18.2 Å². The largest absolute Gasteiger partial charge is 0.475 e. The highest BCUT2D eigenvalue weighted by molar-refractivity contribution is 6.13. The van der Waals surface area contributed by atoms with Crippen LogP contribution in [0.25, 0.3) is 0 Å². The topological polar surface area (TPSA) is 54.8 Å². The lowest BCUT2D eigenvalue weighted by atomic mass is 9.72. The lowest BCUT2D eigenvalue weighted by Crippen LogP contribution is -2.48. The van der Waals surface area contributed by atoms with Crippen LogP contribution in [0.4, 0.5) is 13.2 Å². The van der Waals surface area contributed by atoms with E-state index in [1.165, 1.54) is 24.3 Å². The van der Waals surface area contributed by atoms with E-state index in [0.29, 0.717) is 11.3 Å². The highest BCUT2D eigenvalue weighted by Gasteiger charge is 2.42. The zero-order chi connectivity index (χ0) is 26.1. The monoisotopic (exact) mass is 479 g/mol. The SMILES string of the molecule is C/C=C\C(=NC)C1=CC(F)=CCC1(C)C(=O)N(C)[C@@H](C)COc1ccc(C(C)(F)F)cn1.CC. The van der Waals surface area contributed by atoms with E-state index in [9.17, 15) is 18.0 Å². The Kier molecular flexibility index (Phi) is 10.7. The summed E-state index contributed by atoms with van der Waals surface area (Å²) < 4.78 is 46.3. The van der Waals surface area contributed by atoms with Gasteiger partial charge in [0.05, 0.1) is 17.2 Å². The molecule has 0 N–H and O–H groups in total. The summed E-state index contributed by atoms with van der Waals surface area (Å²) in [5, 5.41) is 0. The van der Waals surface area contributed by atoms with Crippen LogP contribution in [-0.2, 0) is 10.7 Å². The Bertz CT molecular complexity index is 947. The van der Waals surface area contributed by atoms with Crippen LogP contribution in [-0.4, -0.2) is 48.2 Å². The van der Waals surface area contributed by atoms with Crippen molar-refractivity contribution in [2.75, 3.05) is 20.7 Å². The van der Waals surface area contributed by atoms with Crippen molar-refractivity contribution < 1.29 is 22.7 Å². The number of pyridine rings is 1. The number of aromatic nitrogens is 1. The van der Waals surface area contributed by atoms with E-state index in [0.717, 1.165) is 13.1 Å². The van der Waals surface area contributed by atoms with Crippen molar-refractivity contribution in [3.05, 3.63) is 59.6 Å². The highest BCUT2D eigenvalue weighted by Crippen LogP contribution is 2.40. The normalized spacial score (nSPS) is 19.6. The van der Waals surface area contributed by atoms with E-state index in [1.807, 2.05) is 20.8 Å².